The van der Waals surface area contributed by atoms with Gasteiger partial charge < -0.3 is 14.6 Å². The Balaban J connectivity index is 2.48. The Kier molecular flexibility index (Phi) is 6.39. The van der Waals surface area contributed by atoms with E-state index in [0.29, 0.717) is 6.42 Å². The van der Waals surface area contributed by atoms with Crippen LogP contribution in [0.4, 0.5) is 0 Å². The number of hydrogen-bond acceptors (Lipinski definition) is 5. The van der Waals surface area contributed by atoms with E-state index in [1.54, 1.807) is 13.0 Å². The lowest BCUT2D eigenvalue weighted by molar-refractivity contribution is -0.149. The average Bonchev–Trinajstić information content (AvgIpc) is 2.50. The molecule has 114 valence electrons. The minimum atomic E-state index is -1.20. The number of carboxylic acid groups (broad SMARTS) is 1. The summed E-state index contributed by atoms with van der Waals surface area (Å²) in [4.78, 5) is 34.1. The molecule has 0 saturated heterocycles. The van der Waals surface area contributed by atoms with E-state index in [1.165, 1.54) is 18.2 Å². The largest absolute Gasteiger partial charge is 0.478 e. The maximum Gasteiger partial charge on any atom is 0.339 e. The third kappa shape index (κ3) is 4.91. The van der Waals surface area contributed by atoms with E-state index in [4.69, 9.17) is 14.6 Å². The SMILES string of the molecule is CCC(C)C(=O)OCCOC(=O)c1ccccc1C(=O)O. The Morgan fingerprint density at radius 2 is 1.67 bits per heavy atom. The maximum absolute atomic E-state index is 11.8. The number of esters is 2. The highest BCUT2D eigenvalue weighted by Crippen LogP contribution is 2.10. The highest BCUT2D eigenvalue weighted by Gasteiger charge is 2.17. The number of ether oxygens (including phenoxy) is 2. The van der Waals surface area contributed by atoms with Crippen LogP contribution in [-0.4, -0.2) is 36.2 Å². The van der Waals surface area contributed by atoms with Crippen LogP contribution < -0.4 is 0 Å². The molecule has 0 heterocycles. The Bertz CT molecular complexity index is 523. The molecule has 1 rings (SSSR count). The molecule has 0 aliphatic rings. The molecule has 21 heavy (non-hydrogen) atoms. The third-order valence-corrected chi connectivity index (χ3v) is 2.95. The van der Waals surface area contributed by atoms with E-state index >= 15 is 0 Å². The van der Waals surface area contributed by atoms with Crippen molar-refractivity contribution in [3.8, 4) is 0 Å². The summed E-state index contributed by atoms with van der Waals surface area (Å²) in [5.41, 5.74) is -0.155. The molecule has 1 unspecified atom stereocenters. The molecular formula is C15H18O6. The van der Waals surface area contributed by atoms with E-state index in [9.17, 15) is 14.4 Å². The minimum Gasteiger partial charge on any atom is -0.478 e. The summed E-state index contributed by atoms with van der Waals surface area (Å²) in [6.07, 6.45) is 0.671. The first kappa shape index (κ1) is 16.7. The van der Waals surface area contributed by atoms with Crippen LogP contribution in [0.1, 0.15) is 41.0 Å². The molecule has 0 bridgehead atoms. The number of carboxylic acids is 1. The summed E-state index contributed by atoms with van der Waals surface area (Å²) < 4.78 is 9.83. The lowest BCUT2D eigenvalue weighted by atomic mass is 10.1. The van der Waals surface area contributed by atoms with Gasteiger partial charge in [-0.05, 0) is 18.6 Å². The molecule has 0 spiro atoms. The molecule has 0 aliphatic carbocycles. The van der Waals surface area contributed by atoms with E-state index < -0.39 is 11.9 Å². The quantitative estimate of drug-likeness (QED) is 0.612. The predicted molar refractivity (Wildman–Crippen MR) is 74.1 cm³/mol. The van der Waals surface area contributed by atoms with Crippen molar-refractivity contribution in [2.75, 3.05) is 13.2 Å². The molecule has 0 radical (unpaired) electrons. The van der Waals surface area contributed by atoms with Crippen molar-refractivity contribution in [1.29, 1.82) is 0 Å². The highest BCUT2D eigenvalue weighted by atomic mass is 16.6. The van der Waals surface area contributed by atoms with Crippen LogP contribution in [0, 0.1) is 5.92 Å². The van der Waals surface area contributed by atoms with Gasteiger partial charge >= 0.3 is 17.9 Å². The number of carbonyl (C=O) groups excluding carboxylic acids is 2. The summed E-state index contributed by atoms with van der Waals surface area (Å²) in [6, 6.07) is 5.76. The Labute approximate surface area is 122 Å². The molecule has 1 aromatic carbocycles. The number of rotatable bonds is 7. The van der Waals surface area contributed by atoms with Crippen LogP contribution in [-0.2, 0) is 14.3 Å². The van der Waals surface area contributed by atoms with Gasteiger partial charge in [0.2, 0.25) is 0 Å². The Hall–Kier alpha value is -2.37. The summed E-state index contributed by atoms with van der Waals surface area (Å²) in [5, 5.41) is 8.97. The third-order valence-electron chi connectivity index (χ3n) is 2.95. The van der Waals surface area contributed by atoms with Gasteiger partial charge in [-0.2, -0.15) is 0 Å². The highest BCUT2D eigenvalue weighted by molar-refractivity contribution is 6.02. The van der Waals surface area contributed by atoms with Gasteiger partial charge in [-0.15, -0.1) is 0 Å². The molecule has 0 saturated carbocycles. The summed E-state index contributed by atoms with van der Waals surface area (Å²) in [5.74, 6) is -2.51. The normalized spacial score (nSPS) is 11.5. The van der Waals surface area contributed by atoms with E-state index in [0.717, 1.165) is 0 Å². The fourth-order valence-corrected chi connectivity index (χ4v) is 1.51. The first-order chi connectivity index (χ1) is 9.97. The molecule has 1 atom stereocenters. The molecule has 6 nitrogen and oxygen atoms in total. The number of hydrogen-bond donors (Lipinski definition) is 1. The standard InChI is InChI=1S/C15H18O6/c1-3-10(2)14(18)20-8-9-21-15(19)12-7-5-4-6-11(12)13(16)17/h4-7,10H,3,8-9H2,1-2H3,(H,16,17). The second-order valence-corrected chi connectivity index (χ2v) is 4.46. The number of benzene rings is 1. The zero-order chi connectivity index (χ0) is 15.8. The van der Waals surface area contributed by atoms with Gasteiger partial charge in [0.05, 0.1) is 17.0 Å². The lowest BCUT2D eigenvalue weighted by Crippen LogP contribution is -2.19. The van der Waals surface area contributed by atoms with Crippen molar-refractivity contribution in [1.82, 2.24) is 0 Å². The molecule has 6 heteroatoms. The molecule has 0 aliphatic heterocycles. The molecule has 0 aromatic heterocycles. The van der Waals surface area contributed by atoms with Crippen molar-refractivity contribution >= 4 is 17.9 Å². The number of aromatic carboxylic acids is 1. The zero-order valence-electron chi connectivity index (χ0n) is 12.0. The summed E-state index contributed by atoms with van der Waals surface area (Å²) >= 11 is 0. The van der Waals surface area contributed by atoms with Gasteiger partial charge in [0.15, 0.2) is 0 Å². The fraction of sp³-hybridized carbons (Fsp3) is 0.400. The summed E-state index contributed by atoms with van der Waals surface area (Å²) in [6.45, 7) is 3.45. The lowest BCUT2D eigenvalue weighted by Gasteiger charge is -2.10. The number of carbonyl (C=O) groups is 3. The molecule has 0 amide bonds. The van der Waals surface area contributed by atoms with Gasteiger partial charge in [-0.1, -0.05) is 26.0 Å². The monoisotopic (exact) mass is 294 g/mol. The van der Waals surface area contributed by atoms with E-state index in [1.807, 2.05) is 6.92 Å². The van der Waals surface area contributed by atoms with Crippen molar-refractivity contribution in [3.63, 3.8) is 0 Å². The average molecular weight is 294 g/mol. The van der Waals surface area contributed by atoms with E-state index in [-0.39, 0.29) is 36.2 Å². The zero-order valence-corrected chi connectivity index (χ0v) is 12.0. The molecular weight excluding hydrogens is 276 g/mol. The molecule has 0 fully saturated rings. The summed E-state index contributed by atoms with van der Waals surface area (Å²) in [7, 11) is 0. The minimum absolute atomic E-state index is 0.0294. The molecule has 1 aromatic rings. The maximum atomic E-state index is 11.8. The van der Waals surface area contributed by atoms with Crippen molar-refractivity contribution in [2.24, 2.45) is 5.92 Å². The topological polar surface area (TPSA) is 89.9 Å². The van der Waals surface area contributed by atoms with Crippen LogP contribution in [0.3, 0.4) is 0 Å². The fourth-order valence-electron chi connectivity index (χ4n) is 1.51. The van der Waals surface area contributed by atoms with E-state index in [2.05, 4.69) is 0 Å². The smallest absolute Gasteiger partial charge is 0.339 e. The Morgan fingerprint density at radius 1 is 1.10 bits per heavy atom. The second-order valence-electron chi connectivity index (χ2n) is 4.46. The van der Waals surface area contributed by atoms with Crippen molar-refractivity contribution in [2.45, 2.75) is 20.3 Å². The van der Waals surface area contributed by atoms with Gasteiger partial charge in [-0.25, -0.2) is 9.59 Å². The van der Waals surface area contributed by atoms with Crippen LogP contribution in [0.25, 0.3) is 0 Å². The second kappa shape index (κ2) is 8.04. The first-order valence-electron chi connectivity index (χ1n) is 6.63. The van der Waals surface area contributed by atoms with Gasteiger partial charge in [-0.3, -0.25) is 4.79 Å². The van der Waals surface area contributed by atoms with Crippen LogP contribution >= 0.6 is 0 Å². The molecule has 1 N–H and O–H groups in total. The van der Waals surface area contributed by atoms with Gasteiger partial charge in [0, 0.05) is 0 Å². The van der Waals surface area contributed by atoms with Gasteiger partial charge in [0.1, 0.15) is 13.2 Å². The van der Waals surface area contributed by atoms with Crippen molar-refractivity contribution in [3.05, 3.63) is 35.4 Å². The van der Waals surface area contributed by atoms with Crippen molar-refractivity contribution < 1.29 is 29.0 Å². The van der Waals surface area contributed by atoms with Crippen LogP contribution in [0.5, 0.6) is 0 Å². The van der Waals surface area contributed by atoms with Crippen LogP contribution in [0.2, 0.25) is 0 Å². The predicted octanol–water partition coefficient (Wildman–Crippen LogP) is 2.13. The van der Waals surface area contributed by atoms with Crippen LogP contribution in [0.15, 0.2) is 24.3 Å². The van der Waals surface area contributed by atoms with Gasteiger partial charge in [0.25, 0.3) is 0 Å². The Morgan fingerprint density at radius 3 is 2.24 bits per heavy atom. The first-order valence-corrected chi connectivity index (χ1v) is 6.63.